The molecule has 0 spiro atoms. The summed E-state index contributed by atoms with van der Waals surface area (Å²) in [5.74, 6) is -0.927. The number of nitrogens with one attached hydrogen (secondary N) is 2. The van der Waals surface area contributed by atoms with E-state index < -0.39 is 11.5 Å². The molecule has 0 atom stereocenters. The van der Waals surface area contributed by atoms with E-state index in [4.69, 9.17) is 4.74 Å². The fourth-order valence-corrected chi connectivity index (χ4v) is 5.49. The lowest BCUT2D eigenvalue weighted by Crippen LogP contribution is -2.55. The maximum atomic E-state index is 13.0. The van der Waals surface area contributed by atoms with Crippen LogP contribution in [-0.2, 0) is 27.2 Å². The van der Waals surface area contributed by atoms with Crippen molar-refractivity contribution in [2.45, 2.75) is 52.0 Å². The van der Waals surface area contributed by atoms with Gasteiger partial charge in [-0.3, -0.25) is 14.5 Å². The average Bonchev–Trinajstić information content (AvgIpc) is 3.09. The van der Waals surface area contributed by atoms with E-state index in [0.29, 0.717) is 16.3 Å². The van der Waals surface area contributed by atoms with Crippen molar-refractivity contribution >= 4 is 45.5 Å². The monoisotopic (exact) mass is 441 g/mol. The molecule has 2 N–H and O–H groups in total. The van der Waals surface area contributed by atoms with Gasteiger partial charge in [-0.05, 0) is 64.2 Å². The highest BCUT2D eigenvalue weighted by atomic mass is 32.1. The number of ether oxygens (including phenoxy) is 1. The number of hydrogen-bond acceptors (Lipinski definition) is 6. The Kier molecular flexibility index (Phi) is 5.75. The number of carbonyl (C=O) groups is 3. The lowest BCUT2D eigenvalue weighted by Gasteiger charge is -2.39. The summed E-state index contributed by atoms with van der Waals surface area (Å²) in [5, 5.41) is 6.64. The van der Waals surface area contributed by atoms with Gasteiger partial charge in [0, 0.05) is 4.88 Å². The molecule has 4 rings (SSSR count). The molecule has 0 fully saturated rings. The third-order valence-corrected chi connectivity index (χ3v) is 6.83. The van der Waals surface area contributed by atoms with Crippen LogP contribution in [0.15, 0.2) is 24.3 Å². The molecule has 8 heteroatoms. The van der Waals surface area contributed by atoms with E-state index in [0.717, 1.165) is 41.8 Å². The van der Waals surface area contributed by atoms with Crippen molar-refractivity contribution in [2.24, 2.45) is 0 Å². The maximum absolute atomic E-state index is 13.0. The van der Waals surface area contributed by atoms with Crippen molar-refractivity contribution < 1.29 is 19.1 Å². The largest absolute Gasteiger partial charge is 0.462 e. The minimum atomic E-state index is -0.827. The van der Waals surface area contributed by atoms with Gasteiger partial charge in [0.25, 0.3) is 5.91 Å². The SMILES string of the molecule is CCOC(=O)c1c(NC(=O)CN2C(=O)C(C)(C)Nc3ccccc32)sc2c1CCCC2. The van der Waals surface area contributed by atoms with Crippen molar-refractivity contribution in [3.8, 4) is 0 Å². The van der Waals surface area contributed by atoms with Crippen LogP contribution in [0.3, 0.4) is 0 Å². The molecule has 1 aliphatic heterocycles. The van der Waals surface area contributed by atoms with E-state index >= 15 is 0 Å². The molecular formula is C23H27N3O4S. The number of hydrogen-bond donors (Lipinski definition) is 2. The van der Waals surface area contributed by atoms with Gasteiger partial charge in [0.05, 0.1) is 23.5 Å². The fourth-order valence-electron chi connectivity index (χ4n) is 4.19. The second-order valence-corrected chi connectivity index (χ2v) is 9.45. The molecule has 2 aliphatic rings. The number of anilines is 3. The lowest BCUT2D eigenvalue weighted by molar-refractivity contribution is -0.124. The molecule has 2 heterocycles. The highest BCUT2D eigenvalue weighted by molar-refractivity contribution is 7.17. The number of aryl methyl sites for hydroxylation is 1. The molecule has 1 aromatic carbocycles. The molecule has 0 radical (unpaired) electrons. The second kappa shape index (κ2) is 8.34. The number of benzene rings is 1. The van der Waals surface area contributed by atoms with Crippen molar-refractivity contribution in [3.63, 3.8) is 0 Å². The molecule has 1 aromatic heterocycles. The van der Waals surface area contributed by atoms with Gasteiger partial charge in [-0.25, -0.2) is 4.79 Å². The van der Waals surface area contributed by atoms with Crippen LogP contribution < -0.4 is 15.5 Å². The third-order valence-electron chi connectivity index (χ3n) is 5.63. The Morgan fingerprint density at radius 1 is 1.23 bits per heavy atom. The molecule has 1 aliphatic carbocycles. The lowest BCUT2D eigenvalue weighted by atomic mass is 9.95. The summed E-state index contributed by atoms with van der Waals surface area (Å²) in [6.45, 7) is 5.50. The number of amides is 2. The zero-order valence-corrected chi connectivity index (χ0v) is 18.9. The normalized spacial score (nSPS) is 16.7. The van der Waals surface area contributed by atoms with E-state index in [1.165, 1.54) is 16.2 Å². The summed E-state index contributed by atoms with van der Waals surface area (Å²) < 4.78 is 5.26. The Balaban J connectivity index is 1.60. The predicted molar refractivity (Wildman–Crippen MR) is 122 cm³/mol. The number of thiophene rings is 1. The minimum Gasteiger partial charge on any atom is -0.462 e. The number of esters is 1. The number of rotatable bonds is 5. The summed E-state index contributed by atoms with van der Waals surface area (Å²) >= 11 is 1.44. The Labute approximate surface area is 185 Å². The van der Waals surface area contributed by atoms with Crippen LogP contribution in [0.5, 0.6) is 0 Å². The molecule has 31 heavy (non-hydrogen) atoms. The van der Waals surface area contributed by atoms with Crippen LogP contribution in [0.4, 0.5) is 16.4 Å². The topological polar surface area (TPSA) is 87.7 Å². The number of nitrogens with zero attached hydrogens (tertiary/aromatic N) is 1. The highest BCUT2D eigenvalue weighted by Gasteiger charge is 2.39. The van der Waals surface area contributed by atoms with Crippen molar-refractivity contribution in [1.29, 1.82) is 0 Å². The molecule has 2 aromatic rings. The predicted octanol–water partition coefficient (Wildman–Crippen LogP) is 3.98. The summed E-state index contributed by atoms with van der Waals surface area (Å²) in [7, 11) is 0. The summed E-state index contributed by atoms with van der Waals surface area (Å²) in [5.41, 5.74) is 2.11. The highest BCUT2D eigenvalue weighted by Crippen LogP contribution is 2.39. The number of fused-ring (bicyclic) bond motifs is 2. The molecule has 0 saturated carbocycles. The zero-order valence-electron chi connectivity index (χ0n) is 18.0. The Bertz CT molecular complexity index is 1040. The molecule has 7 nitrogen and oxygen atoms in total. The summed E-state index contributed by atoms with van der Waals surface area (Å²) in [4.78, 5) is 41.3. The molecule has 0 bridgehead atoms. The van der Waals surface area contributed by atoms with Crippen LogP contribution >= 0.6 is 11.3 Å². The molecule has 0 saturated heterocycles. The van der Waals surface area contributed by atoms with Gasteiger partial charge in [-0.15, -0.1) is 11.3 Å². The molecule has 0 unspecified atom stereocenters. The van der Waals surface area contributed by atoms with Gasteiger partial charge >= 0.3 is 5.97 Å². The quantitative estimate of drug-likeness (QED) is 0.686. The van der Waals surface area contributed by atoms with Crippen molar-refractivity contribution in [3.05, 3.63) is 40.3 Å². The Morgan fingerprint density at radius 3 is 2.74 bits per heavy atom. The Morgan fingerprint density at radius 2 is 1.97 bits per heavy atom. The standard InChI is InChI=1S/C23H27N3O4S/c1-4-30-21(28)19-14-9-5-8-12-17(14)31-20(19)24-18(27)13-26-16-11-7-6-10-15(16)25-23(2,3)22(26)29/h6-7,10-11,25H,4-5,8-9,12-13H2,1-3H3,(H,24,27). The van der Waals surface area contributed by atoms with E-state index in [2.05, 4.69) is 10.6 Å². The van der Waals surface area contributed by atoms with E-state index in [1.54, 1.807) is 20.8 Å². The minimum absolute atomic E-state index is 0.133. The first-order valence-corrected chi connectivity index (χ1v) is 11.4. The number of carbonyl (C=O) groups excluding carboxylic acids is 3. The van der Waals surface area contributed by atoms with E-state index in [9.17, 15) is 14.4 Å². The van der Waals surface area contributed by atoms with E-state index in [-0.39, 0.29) is 25.0 Å². The van der Waals surface area contributed by atoms with Crippen molar-refractivity contribution in [2.75, 3.05) is 28.7 Å². The van der Waals surface area contributed by atoms with Gasteiger partial charge in [0.2, 0.25) is 5.91 Å². The maximum Gasteiger partial charge on any atom is 0.341 e. The first-order valence-electron chi connectivity index (χ1n) is 10.6. The fraction of sp³-hybridized carbons (Fsp3) is 0.435. The second-order valence-electron chi connectivity index (χ2n) is 8.34. The molecule has 2 amide bonds. The Hall–Kier alpha value is -2.87. The van der Waals surface area contributed by atoms with Gasteiger partial charge < -0.3 is 15.4 Å². The average molecular weight is 442 g/mol. The zero-order chi connectivity index (χ0) is 22.2. The summed E-state index contributed by atoms with van der Waals surface area (Å²) in [6.07, 6.45) is 3.81. The van der Waals surface area contributed by atoms with Crippen LogP contribution in [0.1, 0.15) is 54.4 Å². The van der Waals surface area contributed by atoms with E-state index in [1.807, 2.05) is 24.3 Å². The van der Waals surface area contributed by atoms with Crippen molar-refractivity contribution in [1.82, 2.24) is 0 Å². The van der Waals surface area contributed by atoms with Gasteiger partial charge in [0.1, 0.15) is 17.1 Å². The first kappa shape index (κ1) is 21.4. The summed E-state index contributed by atoms with van der Waals surface area (Å²) in [6, 6.07) is 7.43. The van der Waals surface area contributed by atoms with Crippen LogP contribution in [-0.4, -0.2) is 36.5 Å². The van der Waals surface area contributed by atoms with Crippen LogP contribution in [0.2, 0.25) is 0 Å². The first-order chi connectivity index (χ1) is 14.8. The van der Waals surface area contributed by atoms with Crippen LogP contribution in [0.25, 0.3) is 0 Å². The van der Waals surface area contributed by atoms with Gasteiger partial charge in [0.15, 0.2) is 0 Å². The van der Waals surface area contributed by atoms with Gasteiger partial charge in [-0.2, -0.15) is 0 Å². The molecule has 164 valence electrons. The number of para-hydroxylation sites is 2. The third kappa shape index (κ3) is 4.04. The molecular weight excluding hydrogens is 414 g/mol. The smallest absolute Gasteiger partial charge is 0.341 e. The van der Waals surface area contributed by atoms with Gasteiger partial charge in [-0.1, -0.05) is 12.1 Å². The van der Waals surface area contributed by atoms with Crippen LogP contribution in [0, 0.1) is 0 Å².